The molecule has 0 aromatic heterocycles. The van der Waals surface area contributed by atoms with E-state index < -0.39 is 0 Å². The maximum Gasteiger partial charge on any atom is 0.223 e. The monoisotopic (exact) mass is 179 g/mol. The zero-order valence-corrected chi connectivity index (χ0v) is 8.03. The molecule has 1 aromatic carbocycles. The van der Waals surface area contributed by atoms with Crippen LogP contribution in [-0.2, 0) is 4.79 Å². The first-order valence-electron chi connectivity index (χ1n) is 4.06. The first-order valence-corrected chi connectivity index (χ1v) is 4.06. The molecule has 13 heavy (non-hydrogen) atoms. The van der Waals surface area contributed by atoms with Crippen molar-refractivity contribution < 1.29 is 9.90 Å². The summed E-state index contributed by atoms with van der Waals surface area (Å²) < 4.78 is 0. The van der Waals surface area contributed by atoms with E-state index in [9.17, 15) is 9.90 Å². The molecule has 0 atom stereocenters. The highest BCUT2D eigenvalue weighted by atomic mass is 16.3. The van der Waals surface area contributed by atoms with E-state index in [4.69, 9.17) is 0 Å². The number of phenolic OH excluding ortho intramolecular Hbond substituents is 1. The number of hydrogen-bond donors (Lipinski definition) is 1. The van der Waals surface area contributed by atoms with Gasteiger partial charge in [-0.25, -0.2) is 0 Å². The lowest BCUT2D eigenvalue weighted by Gasteiger charge is -2.16. The maximum atomic E-state index is 11.0. The molecule has 1 aromatic rings. The topological polar surface area (TPSA) is 40.5 Å². The minimum Gasteiger partial charge on any atom is -0.506 e. The Balaban J connectivity index is 3.12. The molecule has 0 radical (unpaired) electrons. The van der Waals surface area contributed by atoms with Gasteiger partial charge >= 0.3 is 0 Å². The van der Waals surface area contributed by atoms with Crippen LogP contribution in [0.15, 0.2) is 18.2 Å². The molecule has 0 saturated heterocycles. The summed E-state index contributed by atoms with van der Waals surface area (Å²) in [5, 5.41) is 9.46. The van der Waals surface area contributed by atoms with Gasteiger partial charge in [0.15, 0.2) is 0 Å². The van der Waals surface area contributed by atoms with Crippen LogP contribution in [0.3, 0.4) is 0 Å². The second kappa shape index (κ2) is 3.47. The SMILES string of the molecule is CC(=O)N(C)c1cc(C)ccc1O. The summed E-state index contributed by atoms with van der Waals surface area (Å²) in [4.78, 5) is 12.4. The van der Waals surface area contributed by atoms with Gasteiger partial charge in [-0.05, 0) is 24.6 Å². The van der Waals surface area contributed by atoms with Gasteiger partial charge < -0.3 is 10.0 Å². The molecule has 1 N–H and O–H groups in total. The van der Waals surface area contributed by atoms with E-state index in [0.717, 1.165) is 5.56 Å². The van der Waals surface area contributed by atoms with Crippen molar-refractivity contribution in [3.8, 4) is 5.75 Å². The molecule has 0 aliphatic rings. The number of benzene rings is 1. The Morgan fingerprint density at radius 2 is 2.08 bits per heavy atom. The quantitative estimate of drug-likeness (QED) is 0.712. The highest BCUT2D eigenvalue weighted by molar-refractivity contribution is 5.92. The van der Waals surface area contributed by atoms with Gasteiger partial charge in [-0.15, -0.1) is 0 Å². The Bertz CT molecular complexity index is 334. The molecule has 1 amide bonds. The van der Waals surface area contributed by atoms with Gasteiger partial charge in [0.1, 0.15) is 5.75 Å². The molecule has 0 bridgehead atoms. The standard InChI is InChI=1S/C10H13NO2/c1-7-4-5-10(13)9(6-7)11(3)8(2)12/h4-6,13H,1-3H3. The maximum absolute atomic E-state index is 11.0. The van der Waals surface area contributed by atoms with Crippen molar-refractivity contribution in [2.45, 2.75) is 13.8 Å². The zero-order valence-electron chi connectivity index (χ0n) is 8.03. The second-order valence-corrected chi connectivity index (χ2v) is 3.07. The number of hydrogen-bond acceptors (Lipinski definition) is 2. The molecular formula is C10H13NO2. The number of aromatic hydroxyl groups is 1. The van der Waals surface area contributed by atoms with E-state index in [1.165, 1.54) is 11.8 Å². The number of amides is 1. The van der Waals surface area contributed by atoms with Gasteiger partial charge in [0.05, 0.1) is 5.69 Å². The normalized spacial score (nSPS) is 9.77. The Kier molecular flexibility index (Phi) is 2.56. The summed E-state index contributed by atoms with van der Waals surface area (Å²) in [5.41, 5.74) is 1.56. The van der Waals surface area contributed by atoms with E-state index >= 15 is 0 Å². The van der Waals surface area contributed by atoms with E-state index in [2.05, 4.69) is 0 Å². The third-order valence-corrected chi connectivity index (χ3v) is 1.96. The largest absolute Gasteiger partial charge is 0.506 e. The number of rotatable bonds is 1. The molecular weight excluding hydrogens is 166 g/mol. The molecule has 0 saturated carbocycles. The smallest absolute Gasteiger partial charge is 0.223 e. The number of phenols is 1. The van der Waals surface area contributed by atoms with Crippen LogP contribution in [0.1, 0.15) is 12.5 Å². The molecule has 70 valence electrons. The third-order valence-electron chi connectivity index (χ3n) is 1.96. The summed E-state index contributed by atoms with van der Waals surface area (Å²) in [6.07, 6.45) is 0. The molecule has 0 aliphatic heterocycles. The van der Waals surface area contributed by atoms with Gasteiger partial charge in [-0.2, -0.15) is 0 Å². The van der Waals surface area contributed by atoms with E-state index in [1.807, 2.05) is 6.92 Å². The summed E-state index contributed by atoms with van der Waals surface area (Å²) >= 11 is 0. The van der Waals surface area contributed by atoms with Crippen LogP contribution >= 0.6 is 0 Å². The van der Waals surface area contributed by atoms with E-state index in [0.29, 0.717) is 5.69 Å². The number of nitrogens with zero attached hydrogens (tertiary/aromatic N) is 1. The van der Waals surface area contributed by atoms with Gasteiger partial charge in [0.25, 0.3) is 0 Å². The second-order valence-electron chi connectivity index (χ2n) is 3.07. The van der Waals surface area contributed by atoms with Crippen LogP contribution in [0, 0.1) is 6.92 Å². The van der Waals surface area contributed by atoms with Crippen molar-refractivity contribution in [3.05, 3.63) is 23.8 Å². The molecule has 1 rings (SSSR count). The van der Waals surface area contributed by atoms with Crippen LogP contribution in [0.25, 0.3) is 0 Å². The molecule has 0 aliphatic carbocycles. The van der Waals surface area contributed by atoms with Gasteiger partial charge in [-0.1, -0.05) is 6.07 Å². The number of carbonyl (C=O) groups excluding carboxylic acids is 1. The first-order chi connectivity index (χ1) is 6.02. The van der Waals surface area contributed by atoms with Crippen molar-refractivity contribution >= 4 is 11.6 Å². The summed E-state index contributed by atoms with van der Waals surface area (Å²) in [7, 11) is 1.64. The lowest BCUT2D eigenvalue weighted by molar-refractivity contribution is -0.116. The average Bonchev–Trinajstić information content (AvgIpc) is 2.08. The van der Waals surface area contributed by atoms with Crippen LogP contribution in [0.4, 0.5) is 5.69 Å². The average molecular weight is 179 g/mol. The van der Waals surface area contributed by atoms with Crippen LogP contribution < -0.4 is 4.90 Å². The predicted octanol–water partition coefficient (Wildman–Crippen LogP) is 1.68. The fourth-order valence-electron chi connectivity index (χ4n) is 1.07. The van der Waals surface area contributed by atoms with Crippen LogP contribution in [0.5, 0.6) is 5.75 Å². The molecule has 0 unspecified atom stereocenters. The van der Waals surface area contributed by atoms with Crippen molar-refractivity contribution in [3.63, 3.8) is 0 Å². The van der Waals surface area contributed by atoms with Gasteiger partial charge in [-0.3, -0.25) is 4.79 Å². The third kappa shape index (κ3) is 1.99. The van der Waals surface area contributed by atoms with Gasteiger partial charge in [0.2, 0.25) is 5.91 Å². The Labute approximate surface area is 77.6 Å². The van der Waals surface area contributed by atoms with Crippen molar-refractivity contribution in [2.75, 3.05) is 11.9 Å². The lowest BCUT2D eigenvalue weighted by atomic mass is 10.2. The van der Waals surface area contributed by atoms with E-state index in [-0.39, 0.29) is 11.7 Å². The van der Waals surface area contributed by atoms with Crippen LogP contribution in [-0.4, -0.2) is 18.1 Å². The van der Waals surface area contributed by atoms with Crippen molar-refractivity contribution in [1.29, 1.82) is 0 Å². The fraction of sp³-hybridized carbons (Fsp3) is 0.300. The molecule has 3 nitrogen and oxygen atoms in total. The minimum atomic E-state index is -0.0964. The minimum absolute atomic E-state index is 0.0964. The molecule has 3 heteroatoms. The molecule has 0 fully saturated rings. The number of aryl methyl sites for hydroxylation is 1. The molecule has 0 spiro atoms. The summed E-state index contributed by atoms with van der Waals surface area (Å²) in [6.45, 7) is 3.37. The number of carbonyl (C=O) groups is 1. The Morgan fingerprint density at radius 3 is 2.62 bits per heavy atom. The van der Waals surface area contributed by atoms with Gasteiger partial charge in [0, 0.05) is 14.0 Å². The Morgan fingerprint density at radius 1 is 1.46 bits per heavy atom. The summed E-state index contributed by atoms with van der Waals surface area (Å²) in [5.74, 6) is 0.0317. The zero-order chi connectivity index (χ0) is 10.0. The Hall–Kier alpha value is -1.51. The van der Waals surface area contributed by atoms with Crippen molar-refractivity contribution in [1.82, 2.24) is 0 Å². The fourth-order valence-corrected chi connectivity index (χ4v) is 1.07. The van der Waals surface area contributed by atoms with Crippen molar-refractivity contribution in [2.24, 2.45) is 0 Å². The molecule has 0 heterocycles. The predicted molar refractivity (Wildman–Crippen MR) is 51.9 cm³/mol. The lowest BCUT2D eigenvalue weighted by Crippen LogP contribution is -2.22. The van der Waals surface area contributed by atoms with E-state index in [1.54, 1.807) is 25.2 Å². The summed E-state index contributed by atoms with van der Waals surface area (Å²) in [6, 6.07) is 5.16. The first kappa shape index (κ1) is 9.58. The highest BCUT2D eigenvalue weighted by Crippen LogP contribution is 2.26. The highest BCUT2D eigenvalue weighted by Gasteiger charge is 2.09. The number of anilines is 1. The van der Waals surface area contributed by atoms with Crippen LogP contribution in [0.2, 0.25) is 0 Å².